The normalized spacial score (nSPS) is 17.8. The van der Waals surface area contributed by atoms with Crippen molar-refractivity contribution in [1.82, 2.24) is 19.0 Å². The first-order chi connectivity index (χ1) is 13.7. The second-order valence-corrected chi connectivity index (χ2v) is 10.1. The van der Waals surface area contributed by atoms with Gasteiger partial charge in [-0.3, -0.25) is 10.0 Å². The van der Waals surface area contributed by atoms with Crippen LogP contribution in [0.3, 0.4) is 0 Å². The van der Waals surface area contributed by atoms with Crippen molar-refractivity contribution in [3.8, 4) is 0 Å². The third-order valence-electron chi connectivity index (χ3n) is 5.44. The van der Waals surface area contributed by atoms with Gasteiger partial charge in [0.05, 0.1) is 0 Å². The SMILES string of the molecule is CC(C)C(C(=O)NO)N(CCN(C)C)S(=O)(=O)N1CCC(c2ccccc2)CC1. The van der Waals surface area contributed by atoms with E-state index in [4.69, 9.17) is 0 Å². The Kier molecular flexibility index (Phi) is 8.59. The highest BCUT2D eigenvalue weighted by Crippen LogP contribution is 2.30. The molecule has 0 radical (unpaired) electrons. The van der Waals surface area contributed by atoms with Crippen LogP contribution in [-0.4, -0.2) is 79.4 Å². The molecule has 1 heterocycles. The van der Waals surface area contributed by atoms with E-state index in [1.807, 2.05) is 37.2 Å². The Morgan fingerprint density at radius 3 is 2.24 bits per heavy atom. The number of amides is 1. The number of hydroxylamine groups is 1. The van der Waals surface area contributed by atoms with Crippen LogP contribution < -0.4 is 5.48 Å². The molecule has 1 amide bonds. The molecule has 1 saturated heterocycles. The fourth-order valence-electron chi connectivity index (χ4n) is 3.82. The summed E-state index contributed by atoms with van der Waals surface area (Å²) in [6.07, 6.45) is 1.48. The fourth-order valence-corrected chi connectivity index (χ4v) is 5.73. The van der Waals surface area contributed by atoms with E-state index in [9.17, 15) is 18.4 Å². The van der Waals surface area contributed by atoms with Gasteiger partial charge in [0.1, 0.15) is 6.04 Å². The van der Waals surface area contributed by atoms with Crippen molar-refractivity contribution in [2.75, 3.05) is 40.3 Å². The summed E-state index contributed by atoms with van der Waals surface area (Å²) < 4.78 is 29.7. The molecule has 0 aromatic heterocycles. The van der Waals surface area contributed by atoms with Gasteiger partial charge < -0.3 is 4.90 Å². The molecule has 0 aliphatic carbocycles. The molecule has 0 bridgehead atoms. The van der Waals surface area contributed by atoms with Crippen LogP contribution in [0.2, 0.25) is 0 Å². The van der Waals surface area contributed by atoms with Crippen LogP contribution >= 0.6 is 0 Å². The molecule has 8 nitrogen and oxygen atoms in total. The first-order valence-electron chi connectivity index (χ1n) is 10.1. The van der Waals surface area contributed by atoms with Crippen LogP contribution in [-0.2, 0) is 15.0 Å². The summed E-state index contributed by atoms with van der Waals surface area (Å²) in [5.41, 5.74) is 2.87. The summed E-state index contributed by atoms with van der Waals surface area (Å²) in [7, 11) is -0.149. The average molecular weight is 427 g/mol. The number of hydrogen-bond donors (Lipinski definition) is 2. The van der Waals surface area contributed by atoms with E-state index >= 15 is 0 Å². The van der Waals surface area contributed by atoms with E-state index in [2.05, 4.69) is 12.1 Å². The zero-order chi connectivity index (χ0) is 21.6. The number of nitrogens with zero attached hydrogens (tertiary/aromatic N) is 3. The molecule has 1 fully saturated rings. The van der Waals surface area contributed by atoms with Gasteiger partial charge in [-0.1, -0.05) is 44.2 Å². The lowest BCUT2D eigenvalue weighted by molar-refractivity contribution is -0.134. The Hall–Kier alpha value is -1.52. The maximum absolute atomic E-state index is 13.5. The zero-order valence-corrected chi connectivity index (χ0v) is 18.6. The second-order valence-electron chi connectivity index (χ2n) is 8.17. The molecular weight excluding hydrogens is 392 g/mol. The molecule has 0 spiro atoms. The predicted octanol–water partition coefficient (Wildman–Crippen LogP) is 1.50. The van der Waals surface area contributed by atoms with Crippen LogP contribution in [0.5, 0.6) is 0 Å². The zero-order valence-electron chi connectivity index (χ0n) is 17.8. The molecule has 0 saturated carbocycles. The summed E-state index contributed by atoms with van der Waals surface area (Å²) in [5.74, 6) is -0.665. The number of piperidine rings is 1. The van der Waals surface area contributed by atoms with Crippen LogP contribution in [0.15, 0.2) is 30.3 Å². The van der Waals surface area contributed by atoms with Crippen LogP contribution in [0.25, 0.3) is 0 Å². The highest BCUT2D eigenvalue weighted by atomic mass is 32.2. The molecular formula is C20H34N4O4S. The van der Waals surface area contributed by atoms with Crippen molar-refractivity contribution >= 4 is 16.1 Å². The van der Waals surface area contributed by atoms with Gasteiger partial charge in [-0.15, -0.1) is 0 Å². The molecule has 29 heavy (non-hydrogen) atoms. The minimum Gasteiger partial charge on any atom is -0.308 e. The first-order valence-corrected chi connectivity index (χ1v) is 11.5. The van der Waals surface area contributed by atoms with E-state index in [1.54, 1.807) is 19.3 Å². The number of carbonyl (C=O) groups is 1. The third-order valence-corrected chi connectivity index (χ3v) is 7.46. The second kappa shape index (κ2) is 10.5. The Bertz CT molecular complexity index is 747. The smallest absolute Gasteiger partial charge is 0.282 e. The van der Waals surface area contributed by atoms with Crippen molar-refractivity contribution in [3.05, 3.63) is 35.9 Å². The number of carbonyl (C=O) groups excluding carboxylic acids is 1. The number of nitrogens with one attached hydrogen (secondary N) is 1. The molecule has 1 atom stereocenters. The van der Waals surface area contributed by atoms with E-state index in [0.717, 1.165) is 12.8 Å². The number of benzene rings is 1. The van der Waals surface area contributed by atoms with Crippen molar-refractivity contribution < 1.29 is 18.4 Å². The predicted molar refractivity (Wildman–Crippen MR) is 113 cm³/mol. The standard InChI is InChI=1S/C20H34N4O4S/c1-16(2)19(20(25)21-26)24(15-14-22(3)4)29(27,28)23-12-10-18(11-13-23)17-8-6-5-7-9-17/h5-9,16,18-19,26H,10-15H2,1-4H3,(H,21,25). The fraction of sp³-hybridized carbons (Fsp3) is 0.650. The van der Waals surface area contributed by atoms with E-state index in [0.29, 0.717) is 25.6 Å². The van der Waals surface area contributed by atoms with Gasteiger partial charge in [-0.05, 0) is 44.3 Å². The van der Waals surface area contributed by atoms with E-state index in [1.165, 1.54) is 14.2 Å². The number of likely N-dealkylation sites (N-methyl/N-ethyl adjacent to an activating group) is 1. The van der Waals surface area contributed by atoms with Gasteiger partial charge in [0.15, 0.2) is 0 Å². The largest absolute Gasteiger partial charge is 0.308 e. The first kappa shape index (κ1) is 23.8. The summed E-state index contributed by atoms with van der Waals surface area (Å²) in [5, 5.41) is 9.17. The van der Waals surface area contributed by atoms with Crippen molar-refractivity contribution in [3.63, 3.8) is 0 Å². The molecule has 9 heteroatoms. The molecule has 1 aromatic carbocycles. The van der Waals surface area contributed by atoms with Crippen molar-refractivity contribution in [1.29, 1.82) is 0 Å². The van der Waals surface area contributed by atoms with Crippen molar-refractivity contribution in [2.24, 2.45) is 5.92 Å². The quantitative estimate of drug-likeness (QED) is 0.461. The molecule has 1 aromatic rings. The van der Waals surface area contributed by atoms with Gasteiger partial charge in [0.2, 0.25) is 0 Å². The third kappa shape index (κ3) is 5.99. The summed E-state index contributed by atoms with van der Waals surface area (Å²) in [6, 6.07) is 9.17. The molecule has 2 N–H and O–H groups in total. The maximum atomic E-state index is 13.5. The van der Waals surface area contributed by atoms with Crippen molar-refractivity contribution in [2.45, 2.75) is 38.6 Å². The Balaban J connectivity index is 2.21. The van der Waals surface area contributed by atoms with E-state index in [-0.39, 0.29) is 12.5 Å². The van der Waals surface area contributed by atoms with Crippen LogP contribution in [0.4, 0.5) is 0 Å². The minimum absolute atomic E-state index is 0.171. The lowest BCUT2D eigenvalue weighted by Gasteiger charge is -2.39. The minimum atomic E-state index is -3.86. The van der Waals surface area contributed by atoms with Crippen LogP contribution in [0, 0.1) is 5.92 Å². The lowest BCUT2D eigenvalue weighted by atomic mass is 9.90. The summed E-state index contributed by atoms with van der Waals surface area (Å²) >= 11 is 0. The monoisotopic (exact) mass is 426 g/mol. The number of rotatable bonds is 9. The molecule has 2 rings (SSSR count). The lowest BCUT2D eigenvalue weighted by Crippen LogP contribution is -2.57. The maximum Gasteiger partial charge on any atom is 0.282 e. The van der Waals surface area contributed by atoms with Gasteiger partial charge in [-0.25, -0.2) is 5.48 Å². The Morgan fingerprint density at radius 2 is 1.76 bits per heavy atom. The molecule has 164 valence electrons. The highest BCUT2D eigenvalue weighted by molar-refractivity contribution is 7.86. The summed E-state index contributed by atoms with van der Waals surface area (Å²) in [4.78, 5) is 14.2. The topological polar surface area (TPSA) is 93.2 Å². The molecule has 1 aliphatic heterocycles. The van der Waals surface area contributed by atoms with Gasteiger partial charge in [-0.2, -0.15) is 17.0 Å². The molecule has 1 aliphatic rings. The number of hydrogen-bond acceptors (Lipinski definition) is 5. The van der Waals surface area contributed by atoms with Gasteiger partial charge in [0, 0.05) is 26.2 Å². The Morgan fingerprint density at radius 1 is 1.17 bits per heavy atom. The molecule has 1 unspecified atom stereocenters. The van der Waals surface area contributed by atoms with E-state index < -0.39 is 22.2 Å². The average Bonchev–Trinajstić information content (AvgIpc) is 2.70. The van der Waals surface area contributed by atoms with Gasteiger partial charge >= 0.3 is 0 Å². The summed E-state index contributed by atoms with van der Waals surface area (Å²) in [6.45, 7) is 5.02. The van der Waals surface area contributed by atoms with Crippen LogP contribution in [0.1, 0.15) is 38.2 Å². The Labute approximate surface area is 174 Å². The van der Waals surface area contributed by atoms with Gasteiger partial charge in [0.25, 0.3) is 16.1 Å². The highest BCUT2D eigenvalue weighted by Gasteiger charge is 2.41.